The van der Waals surface area contributed by atoms with Crippen LogP contribution in [-0.2, 0) is 22.6 Å². The molecule has 5 nitrogen and oxygen atoms in total. The highest BCUT2D eigenvalue weighted by molar-refractivity contribution is 5.98. The van der Waals surface area contributed by atoms with Crippen LogP contribution in [0, 0.1) is 6.92 Å². The smallest absolute Gasteiger partial charge is 0.342 e. The highest BCUT2D eigenvalue weighted by atomic mass is 16.5. The van der Waals surface area contributed by atoms with Crippen LogP contribution < -0.4 is 9.47 Å². The molecule has 23 heavy (non-hydrogen) atoms. The Bertz CT molecular complexity index is 658. The Morgan fingerprint density at radius 1 is 1.35 bits per heavy atom. The molecule has 1 aromatic carbocycles. The van der Waals surface area contributed by atoms with Gasteiger partial charge in [-0.1, -0.05) is 13.0 Å². The first kappa shape index (κ1) is 17.1. The minimum absolute atomic E-state index is 0.238. The van der Waals surface area contributed by atoms with E-state index in [9.17, 15) is 9.59 Å². The number of carbonyl (C=O) groups excluding carboxylic acids is 2. The van der Waals surface area contributed by atoms with Gasteiger partial charge < -0.3 is 14.2 Å². The summed E-state index contributed by atoms with van der Waals surface area (Å²) in [5.41, 5.74) is 3.58. The number of carbonyl (C=O) groups is 2. The summed E-state index contributed by atoms with van der Waals surface area (Å²) in [6, 6.07) is 0. The fourth-order valence-corrected chi connectivity index (χ4v) is 2.68. The molecule has 0 unspecified atom stereocenters. The molecule has 1 aliphatic rings. The summed E-state index contributed by atoms with van der Waals surface area (Å²) in [6.07, 6.45) is 3.88. The molecule has 1 aliphatic heterocycles. The van der Waals surface area contributed by atoms with E-state index in [4.69, 9.17) is 14.2 Å². The second-order valence-electron chi connectivity index (χ2n) is 5.51. The number of hydrogen-bond acceptors (Lipinski definition) is 5. The van der Waals surface area contributed by atoms with Crippen molar-refractivity contribution in [2.24, 2.45) is 0 Å². The Kier molecular flexibility index (Phi) is 5.42. The van der Waals surface area contributed by atoms with Crippen molar-refractivity contribution in [1.82, 2.24) is 0 Å². The predicted octanol–water partition coefficient (Wildman–Crippen LogP) is 3.15. The summed E-state index contributed by atoms with van der Waals surface area (Å²) in [6.45, 7) is 6.38. The van der Waals surface area contributed by atoms with Crippen molar-refractivity contribution in [3.05, 3.63) is 33.9 Å². The van der Waals surface area contributed by atoms with Crippen molar-refractivity contribution in [3.8, 4) is 11.5 Å². The molecule has 0 aliphatic carbocycles. The summed E-state index contributed by atoms with van der Waals surface area (Å²) in [4.78, 5) is 23.0. The van der Waals surface area contributed by atoms with E-state index in [1.165, 1.54) is 0 Å². The van der Waals surface area contributed by atoms with Gasteiger partial charge in [-0.2, -0.15) is 0 Å². The minimum Gasteiger partial charge on any atom is -0.496 e. The van der Waals surface area contributed by atoms with Gasteiger partial charge in [0.05, 0.1) is 13.7 Å². The van der Waals surface area contributed by atoms with Gasteiger partial charge in [0, 0.05) is 11.1 Å². The monoisotopic (exact) mass is 318 g/mol. The van der Waals surface area contributed by atoms with Crippen molar-refractivity contribution < 1.29 is 23.8 Å². The summed E-state index contributed by atoms with van der Waals surface area (Å²) in [5, 5.41) is 0. The number of ether oxygens (including phenoxy) is 3. The summed E-state index contributed by atoms with van der Waals surface area (Å²) >= 11 is 0. The first-order valence-corrected chi connectivity index (χ1v) is 7.69. The highest BCUT2D eigenvalue weighted by Gasteiger charge is 2.32. The molecule has 0 fully saturated rings. The molecule has 0 spiro atoms. The van der Waals surface area contributed by atoms with Crippen molar-refractivity contribution in [2.45, 2.75) is 40.2 Å². The minimum atomic E-state index is -0.366. The van der Waals surface area contributed by atoms with Crippen LogP contribution in [0.1, 0.15) is 47.3 Å². The molecular formula is C18H22O5. The summed E-state index contributed by atoms with van der Waals surface area (Å²) < 4.78 is 16.6. The number of cyclic esters (lactones) is 1. The Balaban J connectivity index is 2.64. The molecule has 5 heteroatoms. The topological polar surface area (TPSA) is 61.8 Å². The van der Waals surface area contributed by atoms with Crippen LogP contribution in [0.25, 0.3) is 0 Å². The lowest BCUT2D eigenvalue weighted by molar-refractivity contribution is -0.104. The third kappa shape index (κ3) is 3.23. The van der Waals surface area contributed by atoms with Crippen LogP contribution in [0.5, 0.6) is 11.5 Å². The number of allylic oxidation sites excluding steroid dienone is 2. The van der Waals surface area contributed by atoms with Gasteiger partial charge >= 0.3 is 5.97 Å². The van der Waals surface area contributed by atoms with Crippen LogP contribution in [0.15, 0.2) is 11.6 Å². The molecule has 1 aromatic rings. The predicted molar refractivity (Wildman–Crippen MR) is 86.2 cm³/mol. The second-order valence-corrected chi connectivity index (χ2v) is 5.51. The fraction of sp³-hybridized carbons (Fsp3) is 0.444. The van der Waals surface area contributed by atoms with E-state index in [-0.39, 0.29) is 12.6 Å². The average Bonchev–Trinajstić information content (AvgIpc) is 2.94. The largest absolute Gasteiger partial charge is 0.496 e. The zero-order valence-electron chi connectivity index (χ0n) is 14.0. The third-order valence-corrected chi connectivity index (χ3v) is 3.89. The van der Waals surface area contributed by atoms with E-state index < -0.39 is 0 Å². The van der Waals surface area contributed by atoms with E-state index in [0.29, 0.717) is 35.7 Å². The fourth-order valence-electron chi connectivity index (χ4n) is 2.68. The molecule has 0 saturated heterocycles. The van der Waals surface area contributed by atoms with Gasteiger partial charge in [0.25, 0.3) is 0 Å². The zero-order valence-corrected chi connectivity index (χ0v) is 14.0. The Labute approximate surface area is 136 Å². The molecular weight excluding hydrogens is 296 g/mol. The van der Waals surface area contributed by atoms with Gasteiger partial charge in [0.1, 0.15) is 30.0 Å². The molecule has 0 N–H and O–H groups in total. The number of fused-ring (bicyclic) bond motifs is 1. The first-order valence-electron chi connectivity index (χ1n) is 7.69. The molecule has 124 valence electrons. The zero-order chi connectivity index (χ0) is 17.0. The van der Waals surface area contributed by atoms with Crippen LogP contribution in [0.4, 0.5) is 0 Å². The van der Waals surface area contributed by atoms with Crippen LogP contribution in [-0.4, -0.2) is 26.0 Å². The Morgan fingerprint density at radius 2 is 2.09 bits per heavy atom. The van der Waals surface area contributed by atoms with Crippen molar-refractivity contribution in [3.63, 3.8) is 0 Å². The maximum atomic E-state index is 12.1. The van der Waals surface area contributed by atoms with Crippen LogP contribution in [0.3, 0.4) is 0 Å². The Morgan fingerprint density at radius 3 is 2.70 bits per heavy atom. The van der Waals surface area contributed by atoms with Gasteiger partial charge in [-0.3, -0.25) is 4.79 Å². The van der Waals surface area contributed by atoms with Crippen molar-refractivity contribution in [2.75, 3.05) is 13.7 Å². The van der Waals surface area contributed by atoms with Crippen molar-refractivity contribution >= 4 is 12.3 Å². The van der Waals surface area contributed by atoms with Crippen LogP contribution >= 0.6 is 0 Å². The van der Waals surface area contributed by atoms with E-state index in [2.05, 4.69) is 0 Å². The molecule has 0 saturated carbocycles. The van der Waals surface area contributed by atoms with E-state index in [0.717, 1.165) is 29.4 Å². The molecule has 0 aromatic heterocycles. The number of esters is 1. The maximum absolute atomic E-state index is 12.1. The molecule has 2 rings (SSSR count). The maximum Gasteiger partial charge on any atom is 0.342 e. The SMILES string of the molecule is CCCOc1c(C/C=C(\C)C=O)c(OC)c(C)c2c1C(=O)OC2. The highest BCUT2D eigenvalue weighted by Crippen LogP contribution is 2.42. The van der Waals surface area contributed by atoms with Gasteiger partial charge in [-0.15, -0.1) is 0 Å². The normalized spacial score (nSPS) is 13.6. The van der Waals surface area contributed by atoms with E-state index in [1.54, 1.807) is 20.1 Å². The summed E-state index contributed by atoms with van der Waals surface area (Å²) in [7, 11) is 1.59. The number of aldehydes is 1. The molecule has 0 amide bonds. The molecule has 1 heterocycles. The number of rotatable bonds is 7. The Hall–Kier alpha value is -2.30. The van der Waals surface area contributed by atoms with Gasteiger partial charge in [0.15, 0.2) is 0 Å². The lowest BCUT2D eigenvalue weighted by Gasteiger charge is -2.19. The second kappa shape index (κ2) is 7.31. The average molecular weight is 318 g/mol. The lowest BCUT2D eigenvalue weighted by Crippen LogP contribution is -2.09. The van der Waals surface area contributed by atoms with Gasteiger partial charge in [0.2, 0.25) is 0 Å². The lowest BCUT2D eigenvalue weighted by atomic mass is 9.95. The van der Waals surface area contributed by atoms with Crippen LogP contribution in [0.2, 0.25) is 0 Å². The summed E-state index contributed by atoms with van der Waals surface area (Å²) in [5.74, 6) is 0.832. The molecule has 0 radical (unpaired) electrons. The number of benzene rings is 1. The van der Waals surface area contributed by atoms with Gasteiger partial charge in [-0.05, 0) is 37.8 Å². The first-order chi connectivity index (χ1) is 11.0. The standard InChI is InChI=1S/C18H22O5/c1-5-8-22-17-13(7-6-11(2)9-19)16(21-4)12(3)14-10-23-18(20)15(14)17/h6,9H,5,7-8,10H2,1-4H3/b11-6+. The van der Waals surface area contributed by atoms with E-state index in [1.807, 2.05) is 13.8 Å². The third-order valence-electron chi connectivity index (χ3n) is 3.89. The number of methoxy groups -OCH3 is 1. The van der Waals surface area contributed by atoms with Gasteiger partial charge in [-0.25, -0.2) is 4.79 Å². The van der Waals surface area contributed by atoms with E-state index >= 15 is 0 Å². The van der Waals surface area contributed by atoms with Crippen molar-refractivity contribution in [1.29, 1.82) is 0 Å². The molecule has 0 atom stereocenters. The quantitative estimate of drug-likeness (QED) is 0.439. The number of hydrogen-bond donors (Lipinski definition) is 0. The molecule has 0 bridgehead atoms.